The first-order valence-corrected chi connectivity index (χ1v) is 6.65. The summed E-state index contributed by atoms with van der Waals surface area (Å²) in [6.45, 7) is 6.46. The zero-order valence-corrected chi connectivity index (χ0v) is 12.6. The number of aromatic hydroxyl groups is 1. The summed E-state index contributed by atoms with van der Waals surface area (Å²) in [5.41, 5.74) is 6.03. The first-order chi connectivity index (χ1) is 9.26. The van der Waals surface area contributed by atoms with Crippen molar-refractivity contribution in [3.63, 3.8) is 0 Å². The molecule has 112 valence electrons. The quantitative estimate of drug-likeness (QED) is 0.723. The Bertz CT molecular complexity index is 467. The van der Waals surface area contributed by atoms with Gasteiger partial charge in [0, 0.05) is 12.6 Å². The number of benzene rings is 1. The Hall–Kier alpha value is -1.75. The molecule has 5 heteroatoms. The van der Waals surface area contributed by atoms with Crippen LogP contribution in [-0.2, 0) is 4.79 Å². The van der Waals surface area contributed by atoms with Gasteiger partial charge in [0.2, 0.25) is 5.91 Å². The van der Waals surface area contributed by atoms with Crippen LogP contribution >= 0.6 is 0 Å². The minimum Gasteiger partial charge on any atom is -0.506 e. The largest absolute Gasteiger partial charge is 0.506 e. The van der Waals surface area contributed by atoms with Crippen molar-refractivity contribution >= 4 is 11.6 Å². The van der Waals surface area contributed by atoms with E-state index in [1.807, 2.05) is 0 Å². The fraction of sp³-hybridized carbons (Fsp3) is 0.533. The molecule has 1 rings (SSSR count). The second-order valence-electron chi connectivity index (χ2n) is 6.07. The summed E-state index contributed by atoms with van der Waals surface area (Å²) in [4.78, 5) is 12.2. The maximum atomic E-state index is 12.2. The summed E-state index contributed by atoms with van der Waals surface area (Å²) in [6.07, 6.45) is 0.681. The monoisotopic (exact) mass is 280 g/mol. The number of phenolic OH excluding ortho intramolecular Hbond substituents is 1. The Kier molecular flexibility index (Phi) is 5.39. The molecule has 0 aliphatic rings. The van der Waals surface area contributed by atoms with Crippen LogP contribution in [0.25, 0.3) is 0 Å². The normalized spacial score (nSPS) is 12.8. The second kappa shape index (κ2) is 6.61. The predicted octanol–water partition coefficient (Wildman–Crippen LogP) is 2.35. The molecule has 0 aromatic heterocycles. The summed E-state index contributed by atoms with van der Waals surface area (Å²) in [6, 6.07) is 4.69. The first kappa shape index (κ1) is 16.3. The van der Waals surface area contributed by atoms with E-state index in [0.29, 0.717) is 17.9 Å². The number of nitrogens with two attached hydrogens (primary N) is 1. The Morgan fingerprint density at radius 3 is 2.60 bits per heavy atom. The Morgan fingerprint density at radius 1 is 1.45 bits per heavy atom. The van der Waals surface area contributed by atoms with E-state index >= 15 is 0 Å². The van der Waals surface area contributed by atoms with Gasteiger partial charge in [0.25, 0.3) is 0 Å². The van der Waals surface area contributed by atoms with E-state index in [0.717, 1.165) is 0 Å². The summed E-state index contributed by atoms with van der Waals surface area (Å²) < 4.78 is 5.07. The number of ether oxygens (including phenoxy) is 1. The van der Waals surface area contributed by atoms with Gasteiger partial charge in [0.1, 0.15) is 11.5 Å². The lowest BCUT2D eigenvalue weighted by atomic mass is 9.84. The van der Waals surface area contributed by atoms with Crippen LogP contribution in [0.1, 0.15) is 27.2 Å². The molecule has 0 fully saturated rings. The molecule has 0 bridgehead atoms. The summed E-state index contributed by atoms with van der Waals surface area (Å²) in [5, 5.41) is 12.5. The molecule has 4 N–H and O–H groups in total. The SMILES string of the molecule is COc1ccc(O)c(NC(=O)C(CN)CC(C)(C)C)c1. The standard InChI is InChI=1S/C15H24N2O3/c1-15(2,3)8-10(9-16)14(19)17-12-7-11(20-4)5-6-13(12)18/h5-7,10,18H,8-9,16H2,1-4H3,(H,17,19). The minimum atomic E-state index is -0.291. The lowest BCUT2D eigenvalue weighted by Gasteiger charge is -2.24. The number of rotatable bonds is 5. The third-order valence-electron chi connectivity index (χ3n) is 2.98. The van der Waals surface area contributed by atoms with E-state index in [1.54, 1.807) is 12.1 Å². The van der Waals surface area contributed by atoms with E-state index in [4.69, 9.17) is 10.5 Å². The zero-order valence-electron chi connectivity index (χ0n) is 12.6. The number of nitrogens with one attached hydrogen (secondary N) is 1. The van der Waals surface area contributed by atoms with Gasteiger partial charge in [0.05, 0.1) is 18.7 Å². The lowest BCUT2D eigenvalue weighted by Crippen LogP contribution is -2.32. The van der Waals surface area contributed by atoms with Gasteiger partial charge in [-0.15, -0.1) is 0 Å². The van der Waals surface area contributed by atoms with Crippen LogP contribution in [0.5, 0.6) is 11.5 Å². The fourth-order valence-corrected chi connectivity index (χ4v) is 2.00. The van der Waals surface area contributed by atoms with Crippen LogP contribution in [0.15, 0.2) is 18.2 Å². The highest BCUT2D eigenvalue weighted by Gasteiger charge is 2.24. The molecule has 0 radical (unpaired) electrons. The van der Waals surface area contributed by atoms with E-state index < -0.39 is 0 Å². The molecule has 1 amide bonds. The van der Waals surface area contributed by atoms with Gasteiger partial charge in [-0.1, -0.05) is 20.8 Å². The molecule has 0 saturated carbocycles. The van der Waals surface area contributed by atoms with Crippen molar-refractivity contribution in [2.45, 2.75) is 27.2 Å². The highest BCUT2D eigenvalue weighted by atomic mass is 16.5. The average Bonchev–Trinajstić information content (AvgIpc) is 2.37. The molecule has 1 atom stereocenters. The van der Waals surface area contributed by atoms with Crippen LogP contribution in [0, 0.1) is 11.3 Å². The van der Waals surface area contributed by atoms with Crippen molar-refractivity contribution in [3.05, 3.63) is 18.2 Å². The maximum absolute atomic E-state index is 12.2. The third kappa shape index (κ3) is 4.74. The van der Waals surface area contributed by atoms with Crippen molar-refractivity contribution in [1.82, 2.24) is 0 Å². The molecule has 1 unspecified atom stereocenters. The van der Waals surface area contributed by atoms with Crippen LogP contribution in [0.2, 0.25) is 0 Å². The van der Waals surface area contributed by atoms with Crippen LogP contribution in [0.3, 0.4) is 0 Å². The van der Waals surface area contributed by atoms with Gasteiger partial charge in [0.15, 0.2) is 0 Å². The smallest absolute Gasteiger partial charge is 0.228 e. The van der Waals surface area contributed by atoms with Gasteiger partial charge >= 0.3 is 0 Å². The molecule has 0 spiro atoms. The minimum absolute atomic E-state index is 0.00526. The zero-order chi connectivity index (χ0) is 15.3. The molecular formula is C15H24N2O3. The molecule has 1 aromatic carbocycles. The van der Waals surface area contributed by atoms with Gasteiger partial charge in [-0.05, 0) is 24.0 Å². The Balaban J connectivity index is 2.83. The number of hydrogen-bond acceptors (Lipinski definition) is 4. The second-order valence-corrected chi connectivity index (χ2v) is 6.07. The van der Waals surface area contributed by atoms with Crippen molar-refractivity contribution in [1.29, 1.82) is 0 Å². The molecular weight excluding hydrogens is 256 g/mol. The van der Waals surface area contributed by atoms with Gasteiger partial charge in [-0.25, -0.2) is 0 Å². The summed E-state index contributed by atoms with van der Waals surface area (Å²) >= 11 is 0. The van der Waals surface area contributed by atoms with Gasteiger partial charge in [-0.2, -0.15) is 0 Å². The van der Waals surface area contributed by atoms with Crippen molar-refractivity contribution < 1.29 is 14.6 Å². The summed E-state index contributed by atoms with van der Waals surface area (Å²) in [7, 11) is 1.53. The summed E-state index contributed by atoms with van der Waals surface area (Å²) in [5.74, 6) is 0.0930. The molecule has 20 heavy (non-hydrogen) atoms. The highest BCUT2D eigenvalue weighted by Crippen LogP contribution is 2.29. The Morgan fingerprint density at radius 2 is 2.10 bits per heavy atom. The average molecular weight is 280 g/mol. The van der Waals surface area contributed by atoms with Crippen molar-refractivity contribution in [3.8, 4) is 11.5 Å². The molecule has 0 heterocycles. The lowest BCUT2D eigenvalue weighted by molar-refractivity contribution is -0.120. The third-order valence-corrected chi connectivity index (χ3v) is 2.98. The van der Waals surface area contributed by atoms with Crippen molar-refractivity contribution in [2.75, 3.05) is 19.0 Å². The van der Waals surface area contributed by atoms with E-state index in [1.165, 1.54) is 13.2 Å². The molecule has 0 aliphatic carbocycles. The van der Waals surface area contributed by atoms with Crippen LogP contribution < -0.4 is 15.8 Å². The fourth-order valence-electron chi connectivity index (χ4n) is 2.00. The number of hydrogen-bond donors (Lipinski definition) is 3. The van der Waals surface area contributed by atoms with Crippen molar-refractivity contribution in [2.24, 2.45) is 17.1 Å². The van der Waals surface area contributed by atoms with Crippen LogP contribution in [-0.4, -0.2) is 24.7 Å². The molecule has 0 aliphatic heterocycles. The number of anilines is 1. The number of amides is 1. The van der Waals surface area contributed by atoms with Gasteiger partial charge in [-0.3, -0.25) is 4.79 Å². The van der Waals surface area contributed by atoms with Crippen LogP contribution in [0.4, 0.5) is 5.69 Å². The number of carbonyl (C=O) groups excluding carboxylic acids is 1. The number of carbonyl (C=O) groups is 1. The Labute approximate surface area is 120 Å². The van der Waals surface area contributed by atoms with Gasteiger partial charge < -0.3 is 20.9 Å². The van der Waals surface area contributed by atoms with E-state index in [2.05, 4.69) is 26.1 Å². The number of methoxy groups -OCH3 is 1. The predicted molar refractivity (Wildman–Crippen MR) is 79.9 cm³/mol. The maximum Gasteiger partial charge on any atom is 0.228 e. The first-order valence-electron chi connectivity index (χ1n) is 6.65. The topological polar surface area (TPSA) is 84.6 Å². The van der Waals surface area contributed by atoms with E-state index in [9.17, 15) is 9.90 Å². The molecule has 5 nitrogen and oxygen atoms in total. The number of phenols is 1. The molecule has 0 saturated heterocycles. The molecule has 1 aromatic rings. The van der Waals surface area contributed by atoms with E-state index in [-0.39, 0.29) is 29.5 Å². The highest BCUT2D eigenvalue weighted by molar-refractivity contribution is 5.94.